The molecule has 0 radical (unpaired) electrons. The first-order valence-corrected chi connectivity index (χ1v) is 4.47. The number of nitrogens with zero attached hydrogens (tertiary/aromatic N) is 1. The zero-order chi connectivity index (χ0) is 11.3. The molecule has 1 rings (SSSR count). The first-order chi connectivity index (χ1) is 7.13. The summed E-state index contributed by atoms with van der Waals surface area (Å²) in [6.07, 6.45) is 1.40. The summed E-state index contributed by atoms with van der Waals surface area (Å²) in [6.45, 7) is -0.0443. The lowest BCUT2D eigenvalue weighted by Gasteiger charge is -2.06. The van der Waals surface area contributed by atoms with Crippen molar-refractivity contribution >= 4 is 11.6 Å². The van der Waals surface area contributed by atoms with Crippen molar-refractivity contribution in [1.29, 1.82) is 0 Å². The standard InChI is InChI=1S/C9H13N3O3/c10-7-1-2-9(15)12(5-7)6-8(14)11-3-4-13/h1-2,5,13H,3-4,6,10H2,(H,11,14). The zero-order valence-corrected chi connectivity index (χ0v) is 8.14. The first kappa shape index (κ1) is 11.3. The van der Waals surface area contributed by atoms with Crippen molar-refractivity contribution in [1.82, 2.24) is 9.88 Å². The van der Waals surface area contributed by atoms with Crippen molar-refractivity contribution in [2.45, 2.75) is 6.54 Å². The number of aliphatic hydroxyl groups excluding tert-OH is 1. The molecule has 0 aliphatic heterocycles. The molecule has 82 valence electrons. The lowest BCUT2D eigenvalue weighted by Crippen LogP contribution is -2.33. The molecule has 6 heteroatoms. The maximum Gasteiger partial charge on any atom is 0.251 e. The fourth-order valence-electron chi connectivity index (χ4n) is 1.08. The molecule has 1 aromatic heterocycles. The number of aliphatic hydroxyl groups is 1. The van der Waals surface area contributed by atoms with Gasteiger partial charge >= 0.3 is 0 Å². The molecular formula is C9H13N3O3. The minimum atomic E-state index is -0.336. The summed E-state index contributed by atoms with van der Waals surface area (Å²) >= 11 is 0. The first-order valence-electron chi connectivity index (χ1n) is 4.47. The Morgan fingerprint density at radius 3 is 2.93 bits per heavy atom. The second-order valence-corrected chi connectivity index (χ2v) is 3.00. The van der Waals surface area contributed by atoms with Crippen LogP contribution in [0, 0.1) is 0 Å². The van der Waals surface area contributed by atoms with E-state index in [9.17, 15) is 9.59 Å². The molecule has 15 heavy (non-hydrogen) atoms. The quantitative estimate of drug-likeness (QED) is 0.567. The number of aromatic nitrogens is 1. The van der Waals surface area contributed by atoms with Crippen molar-refractivity contribution in [3.05, 3.63) is 28.7 Å². The second kappa shape index (κ2) is 5.16. The van der Waals surface area contributed by atoms with Gasteiger partial charge in [0.1, 0.15) is 6.54 Å². The van der Waals surface area contributed by atoms with Gasteiger partial charge in [-0.1, -0.05) is 0 Å². The molecule has 0 atom stereocenters. The average molecular weight is 211 g/mol. The molecule has 0 saturated carbocycles. The number of rotatable bonds is 4. The van der Waals surface area contributed by atoms with Crippen LogP contribution in [0.4, 0.5) is 5.69 Å². The normalized spacial score (nSPS) is 9.93. The molecule has 1 heterocycles. The number of hydrogen-bond donors (Lipinski definition) is 3. The van der Waals surface area contributed by atoms with Crippen LogP contribution in [0.5, 0.6) is 0 Å². The van der Waals surface area contributed by atoms with Crippen LogP contribution in [0.15, 0.2) is 23.1 Å². The number of carbonyl (C=O) groups is 1. The molecule has 0 aliphatic rings. The van der Waals surface area contributed by atoms with Crippen LogP contribution in [0.3, 0.4) is 0 Å². The molecule has 1 aromatic rings. The molecule has 4 N–H and O–H groups in total. The summed E-state index contributed by atoms with van der Waals surface area (Å²) < 4.78 is 1.21. The van der Waals surface area contributed by atoms with Crippen LogP contribution in [-0.2, 0) is 11.3 Å². The highest BCUT2D eigenvalue weighted by atomic mass is 16.3. The van der Waals surface area contributed by atoms with Crippen molar-refractivity contribution in [2.24, 2.45) is 0 Å². The number of hydrogen-bond acceptors (Lipinski definition) is 4. The maximum atomic E-state index is 11.3. The molecule has 1 amide bonds. The molecule has 0 aliphatic carbocycles. The Hall–Kier alpha value is -1.82. The third-order valence-electron chi connectivity index (χ3n) is 1.75. The number of nitrogens with two attached hydrogens (primary N) is 1. The van der Waals surface area contributed by atoms with E-state index < -0.39 is 0 Å². The fraction of sp³-hybridized carbons (Fsp3) is 0.333. The van der Waals surface area contributed by atoms with Crippen molar-refractivity contribution in [3.8, 4) is 0 Å². The number of anilines is 1. The van der Waals surface area contributed by atoms with E-state index in [1.165, 1.54) is 22.9 Å². The van der Waals surface area contributed by atoms with Gasteiger partial charge in [0.05, 0.1) is 6.61 Å². The minimum absolute atomic E-state index is 0.0934. The van der Waals surface area contributed by atoms with E-state index in [1.54, 1.807) is 0 Å². The Morgan fingerprint density at radius 1 is 1.53 bits per heavy atom. The maximum absolute atomic E-state index is 11.3. The third-order valence-corrected chi connectivity index (χ3v) is 1.75. The van der Waals surface area contributed by atoms with Crippen LogP contribution in [0.2, 0.25) is 0 Å². The topological polar surface area (TPSA) is 97.4 Å². The van der Waals surface area contributed by atoms with Gasteiger partial charge in [0.25, 0.3) is 5.56 Å². The van der Waals surface area contributed by atoms with Crippen LogP contribution >= 0.6 is 0 Å². The summed E-state index contributed by atoms with van der Waals surface area (Å²) in [5.74, 6) is -0.336. The lowest BCUT2D eigenvalue weighted by atomic mass is 10.4. The van der Waals surface area contributed by atoms with E-state index in [0.717, 1.165) is 0 Å². The van der Waals surface area contributed by atoms with E-state index in [1.807, 2.05) is 0 Å². The van der Waals surface area contributed by atoms with E-state index in [2.05, 4.69) is 5.32 Å². The van der Waals surface area contributed by atoms with Gasteiger partial charge in [-0.15, -0.1) is 0 Å². The summed E-state index contributed by atoms with van der Waals surface area (Å²) in [7, 11) is 0. The molecule has 0 spiro atoms. The Labute approximate surface area is 86.3 Å². The summed E-state index contributed by atoms with van der Waals surface area (Å²) in [4.78, 5) is 22.5. The van der Waals surface area contributed by atoms with Crippen LogP contribution in [0.1, 0.15) is 0 Å². The molecule has 0 unspecified atom stereocenters. The van der Waals surface area contributed by atoms with Crippen molar-refractivity contribution < 1.29 is 9.90 Å². The third kappa shape index (κ3) is 3.43. The Morgan fingerprint density at radius 2 is 2.27 bits per heavy atom. The van der Waals surface area contributed by atoms with Crippen LogP contribution < -0.4 is 16.6 Å². The van der Waals surface area contributed by atoms with Gasteiger partial charge in [0, 0.05) is 24.5 Å². The highest BCUT2D eigenvalue weighted by Gasteiger charge is 2.03. The number of carbonyl (C=O) groups excluding carboxylic acids is 1. The largest absolute Gasteiger partial charge is 0.398 e. The smallest absolute Gasteiger partial charge is 0.251 e. The van der Waals surface area contributed by atoms with Crippen LogP contribution in [-0.4, -0.2) is 28.7 Å². The lowest BCUT2D eigenvalue weighted by molar-refractivity contribution is -0.121. The molecule has 0 fully saturated rings. The van der Waals surface area contributed by atoms with Gasteiger partial charge in [0.2, 0.25) is 5.91 Å². The Kier molecular flexibility index (Phi) is 3.87. The Balaban J connectivity index is 2.68. The highest BCUT2D eigenvalue weighted by molar-refractivity contribution is 5.75. The van der Waals surface area contributed by atoms with E-state index in [0.29, 0.717) is 5.69 Å². The van der Waals surface area contributed by atoms with Gasteiger partial charge in [-0.2, -0.15) is 0 Å². The summed E-state index contributed by atoms with van der Waals surface area (Å²) in [5, 5.41) is 10.9. The number of nitrogens with one attached hydrogen (secondary N) is 1. The van der Waals surface area contributed by atoms with Gasteiger partial charge in [-0.3, -0.25) is 9.59 Å². The molecule has 0 saturated heterocycles. The molecular weight excluding hydrogens is 198 g/mol. The average Bonchev–Trinajstić information content (AvgIpc) is 2.20. The summed E-state index contributed by atoms with van der Waals surface area (Å²) in [5.41, 5.74) is 5.60. The van der Waals surface area contributed by atoms with Crippen molar-refractivity contribution in [2.75, 3.05) is 18.9 Å². The molecule has 6 nitrogen and oxygen atoms in total. The van der Waals surface area contributed by atoms with Gasteiger partial charge in [0.15, 0.2) is 0 Å². The number of pyridine rings is 1. The summed E-state index contributed by atoms with van der Waals surface area (Å²) in [6, 6.07) is 2.78. The second-order valence-electron chi connectivity index (χ2n) is 3.00. The Bertz CT molecular complexity index is 400. The minimum Gasteiger partial charge on any atom is -0.398 e. The van der Waals surface area contributed by atoms with E-state index in [4.69, 9.17) is 10.8 Å². The van der Waals surface area contributed by atoms with Gasteiger partial charge < -0.3 is 20.7 Å². The van der Waals surface area contributed by atoms with Gasteiger partial charge in [-0.05, 0) is 6.07 Å². The molecule has 0 bridgehead atoms. The fourth-order valence-corrected chi connectivity index (χ4v) is 1.08. The highest BCUT2D eigenvalue weighted by Crippen LogP contribution is 1.95. The SMILES string of the molecule is Nc1ccc(=O)n(CC(=O)NCCO)c1. The number of amides is 1. The van der Waals surface area contributed by atoms with E-state index >= 15 is 0 Å². The van der Waals surface area contributed by atoms with Crippen molar-refractivity contribution in [3.63, 3.8) is 0 Å². The predicted octanol–water partition coefficient (Wildman–Crippen LogP) is -1.46. The van der Waals surface area contributed by atoms with Gasteiger partial charge in [-0.25, -0.2) is 0 Å². The molecule has 0 aromatic carbocycles. The monoisotopic (exact) mass is 211 g/mol. The number of nitrogen functional groups attached to an aromatic ring is 1. The zero-order valence-electron chi connectivity index (χ0n) is 8.14. The van der Waals surface area contributed by atoms with Crippen LogP contribution in [0.25, 0.3) is 0 Å². The predicted molar refractivity (Wildman–Crippen MR) is 55.2 cm³/mol. The van der Waals surface area contributed by atoms with E-state index in [-0.39, 0.29) is 31.2 Å².